The van der Waals surface area contributed by atoms with E-state index in [0.29, 0.717) is 0 Å². The van der Waals surface area contributed by atoms with Crippen LogP contribution >= 0.6 is 0 Å². The van der Waals surface area contributed by atoms with E-state index in [-0.39, 0.29) is 10.8 Å². The fourth-order valence-electron chi connectivity index (χ4n) is 1.87. The monoisotopic (exact) mass is 362 g/mol. The summed E-state index contributed by atoms with van der Waals surface area (Å²) in [4.78, 5) is -1.10. The third-order valence-electron chi connectivity index (χ3n) is 2.88. The Balaban J connectivity index is 0.000000463. The second-order valence-corrected chi connectivity index (χ2v) is 7.27. The van der Waals surface area contributed by atoms with Crippen molar-refractivity contribution in [2.75, 3.05) is 13.1 Å². The largest absolute Gasteiger partial charge is 0.744 e. The van der Waals surface area contributed by atoms with Gasteiger partial charge in [-0.3, -0.25) is 0 Å². The molecule has 0 atom stereocenters. The first-order valence-electron chi connectivity index (χ1n) is 6.65. The van der Waals surface area contributed by atoms with Crippen molar-refractivity contribution >= 4 is 31.0 Å². The molecule has 0 radical (unpaired) electrons. The fraction of sp³-hybridized carbons (Fsp3) is 0.231. The maximum Gasteiger partial charge on any atom is 0.125 e. The number of hydrogen-bond donors (Lipinski definition) is 2. The molecule has 0 fully saturated rings. The summed E-state index contributed by atoms with van der Waals surface area (Å²) in [6, 6.07) is 7.09. The van der Waals surface area contributed by atoms with Gasteiger partial charge in [0.05, 0.1) is 22.9 Å². The average Bonchev–Trinajstić information content (AvgIpc) is 2.45. The van der Waals surface area contributed by atoms with E-state index in [1.807, 2.05) is 0 Å². The molecule has 0 aliphatic rings. The van der Waals surface area contributed by atoms with Crippen LogP contribution in [0.4, 0.5) is 0 Å². The van der Waals surface area contributed by atoms with Gasteiger partial charge in [-0.25, -0.2) is 16.8 Å². The Morgan fingerprint density at radius 3 is 1.30 bits per heavy atom. The first-order valence-corrected chi connectivity index (χ1v) is 9.46. The molecule has 23 heavy (non-hydrogen) atoms. The van der Waals surface area contributed by atoms with Gasteiger partial charge in [0.2, 0.25) is 0 Å². The molecule has 2 aromatic carbocycles. The van der Waals surface area contributed by atoms with Crippen molar-refractivity contribution in [1.29, 1.82) is 0 Å². The lowest BCUT2D eigenvalue weighted by atomic mass is 10.1. The predicted molar refractivity (Wildman–Crippen MR) is 80.0 cm³/mol. The number of rotatable bonds is 4. The maximum atomic E-state index is 11.0. The van der Waals surface area contributed by atoms with Crippen LogP contribution in [0.5, 0.6) is 0 Å². The molecule has 8 nitrogen and oxygen atoms in total. The quantitative estimate of drug-likeness (QED) is 0.627. The molecular formula is C13H18N2O6S2. The highest BCUT2D eigenvalue weighted by Gasteiger charge is 2.12. The van der Waals surface area contributed by atoms with E-state index >= 15 is 0 Å². The topological polar surface area (TPSA) is 170 Å². The summed E-state index contributed by atoms with van der Waals surface area (Å²) in [6.07, 6.45) is 1.17. The fourth-order valence-corrected chi connectivity index (χ4v) is 3.25. The molecule has 6 N–H and O–H groups in total. The van der Waals surface area contributed by atoms with Crippen molar-refractivity contribution in [3.05, 3.63) is 36.4 Å². The van der Waals surface area contributed by atoms with Crippen LogP contribution in [-0.2, 0) is 20.2 Å². The van der Waals surface area contributed by atoms with Gasteiger partial charge in [-0.15, -0.1) is 0 Å². The molecule has 10 heteroatoms. The zero-order valence-corrected chi connectivity index (χ0v) is 13.9. The molecule has 2 aromatic rings. The van der Waals surface area contributed by atoms with Crippen molar-refractivity contribution in [2.45, 2.75) is 16.2 Å². The van der Waals surface area contributed by atoms with E-state index in [2.05, 4.69) is 11.5 Å². The van der Waals surface area contributed by atoms with Gasteiger partial charge in [0.1, 0.15) is 20.2 Å². The minimum Gasteiger partial charge on any atom is -0.744 e. The van der Waals surface area contributed by atoms with Crippen LogP contribution in [-0.4, -0.2) is 39.0 Å². The summed E-state index contributed by atoms with van der Waals surface area (Å²) in [5.74, 6) is 0. The molecule has 0 bridgehead atoms. The summed E-state index contributed by atoms with van der Waals surface area (Å²) in [5, 5.41) is -0.158. The Kier molecular flexibility index (Phi) is 6.62. The molecular weight excluding hydrogens is 344 g/mol. The normalized spacial score (nSPS) is 11.8. The Morgan fingerprint density at radius 2 is 1.09 bits per heavy atom. The molecule has 0 saturated carbocycles. The summed E-state index contributed by atoms with van der Waals surface area (Å²) >= 11 is 0. The van der Waals surface area contributed by atoms with Gasteiger partial charge in [-0.05, 0) is 12.1 Å². The minimum atomic E-state index is -4.74. The molecule has 0 spiro atoms. The van der Waals surface area contributed by atoms with Gasteiger partial charge >= 0.3 is 0 Å². The van der Waals surface area contributed by atoms with Crippen LogP contribution in [0, 0.1) is 0 Å². The highest BCUT2D eigenvalue weighted by atomic mass is 32.2. The summed E-state index contributed by atoms with van der Waals surface area (Å²) in [7, 11) is -9.48. The molecule has 0 unspecified atom stereocenters. The van der Waals surface area contributed by atoms with E-state index in [4.69, 9.17) is 0 Å². The van der Waals surface area contributed by atoms with Crippen LogP contribution in [0.2, 0.25) is 0 Å². The molecule has 128 valence electrons. The Labute approximate surface area is 134 Å². The van der Waals surface area contributed by atoms with Crippen molar-refractivity contribution < 1.29 is 37.4 Å². The Hall–Kier alpha value is -1.56. The van der Waals surface area contributed by atoms with Gasteiger partial charge in [0.15, 0.2) is 0 Å². The predicted octanol–water partition coefficient (Wildman–Crippen LogP) is -1.49. The van der Waals surface area contributed by atoms with E-state index < -0.39 is 30.0 Å². The zero-order valence-electron chi connectivity index (χ0n) is 12.3. The first kappa shape index (κ1) is 19.5. The molecule has 0 heterocycles. The molecule has 0 aliphatic carbocycles. The molecule has 0 aliphatic heterocycles. The van der Waals surface area contributed by atoms with E-state index in [1.165, 1.54) is 30.7 Å². The van der Waals surface area contributed by atoms with E-state index in [0.717, 1.165) is 25.2 Å². The van der Waals surface area contributed by atoms with Gasteiger partial charge in [0.25, 0.3) is 0 Å². The maximum absolute atomic E-state index is 11.0. The molecule has 0 aromatic heterocycles. The standard InChI is InChI=1S/C10H8O6S2.C3H10N2/c11-17(12,13)9-5-1-3-7-8(9)4-2-6-10(7)18(14,15)16;4-2-1-3-5/h1-6H,(H,11,12,13)(H,14,15,16);1-5H2. The number of benzene rings is 2. The summed E-state index contributed by atoms with van der Waals surface area (Å²) in [6.45, 7) is 2.06. The van der Waals surface area contributed by atoms with Crippen LogP contribution < -0.4 is 11.5 Å². The van der Waals surface area contributed by atoms with Crippen LogP contribution in [0.3, 0.4) is 0 Å². The minimum absolute atomic E-state index is 0.0792. The van der Waals surface area contributed by atoms with Crippen molar-refractivity contribution in [3.63, 3.8) is 0 Å². The van der Waals surface area contributed by atoms with Crippen LogP contribution in [0.1, 0.15) is 6.42 Å². The van der Waals surface area contributed by atoms with Gasteiger partial charge in [-0.1, -0.05) is 24.3 Å². The first-order chi connectivity index (χ1) is 10.6. The zero-order chi connectivity index (χ0) is 17.7. The van der Waals surface area contributed by atoms with Crippen molar-refractivity contribution in [1.82, 2.24) is 0 Å². The number of fused-ring (bicyclic) bond motifs is 1. The van der Waals surface area contributed by atoms with E-state index in [1.54, 1.807) is 0 Å². The molecule has 0 amide bonds. The lowest BCUT2D eigenvalue weighted by molar-refractivity contribution is -0.404. The number of quaternary nitrogens is 2. The third-order valence-corrected chi connectivity index (χ3v) is 4.67. The average molecular weight is 362 g/mol. The summed E-state index contributed by atoms with van der Waals surface area (Å²) < 4.78 is 66.1. The van der Waals surface area contributed by atoms with Crippen molar-refractivity contribution in [2.24, 2.45) is 0 Å². The lowest BCUT2D eigenvalue weighted by Gasteiger charge is -2.14. The summed E-state index contributed by atoms with van der Waals surface area (Å²) in [5.41, 5.74) is 7.27. The molecule has 2 rings (SSSR count). The Bertz CT molecular complexity index is 805. The third kappa shape index (κ3) is 5.23. The van der Waals surface area contributed by atoms with Crippen molar-refractivity contribution in [3.8, 4) is 0 Å². The lowest BCUT2D eigenvalue weighted by Crippen LogP contribution is -2.56. The highest BCUT2D eigenvalue weighted by molar-refractivity contribution is 7.86. The van der Waals surface area contributed by atoms with E-state index in [9.17, 15) is 25.9 Å². The highest BCUT2D eigenvalue weighted by Crippen LogP contribution is 2.27. The van der Waals surface area contributed by atoms with Gasteiger partial charge < -0.3 is 20.6 Å². The SMILES string of the molecule is O=S(=O)([O-])c1cccc2c(S(=O)(=O)[O-])cccc12.[NH3+]CCC[NH3+]. The number of hydrogen-bond acceptors (Lipinski definition) is 6. The van der Waals surface area contributed by atoms with Gasteiger partial charge in [0, 0.05) is 17.2 Å². The second-order valence-electron chi connectivity index (χ2n) is 4.58. The smallest absolute Gasteiger partial charge is 0.125 e. The van der Waals surface area contributed by atoms with Gasteiger partial charge in [-0.2, -0.15) is 0 Å². The second kappa shape index (κ2) is 7.81. The molecule has 0 saturated heterocycles. The Morgan fingerprint density at radius 1 is 0.739 bits per heavy atom. The van der Waals surface area contributed by atoms with Crippen LogP contribution in [0.15, 0.2) is 46.2 Å². The van der Waals surface area contributed by atoms with Crippen LogP contribution in [0.25, 0.3) is 10.8 Å².